The molecular formula is C13H15N3O3. The molecular weight excluding hydrogens is 246 g/mol. The van der Waals surface area contributed by atoms with Crippen LogP contribution in [0, 0.1) is 0 Å². The standard InChI is InChI=1S/C13H15N3O3/c1-18-13(17)10-7-12(16-8-11(10)14)15-5-4-9-3-2-6-19-9/h2-3,6-8H,4-5,14H2,1H3,(H,15,16). The Kier molecular flexibility index (Phi) is 4.02. The number of carbonyl (C=O) groups excluding carboxylic acids is 1. The summed E-state index contributed by atoms with van der Waals surface area (Å²) in [5.41, 5.74) is 6.26. The van der Waals surface area contributed by atoms with Gasteiger partial charge in [-0.3, -0.25) is 0 Å². The van der Waals surface area contributed by atoms with Gasteiger partial charge in [-0.05, 0) is 18.2 Å². The normalized spacial score (nSPS) is 10.2. The summed E-state index contributed by atoms with van der Waals surface area (Å²) >= 11 is 0. The van der Waals surface area contributed by atoms with Gasteiger partial charge >= 0.3 is 5.97 Å². The second-order valence-electron chi connectivity index (χ2n) is 3.90. The zero-order chi connectivity index (χ0) is 13.7. The van der Waals surface area contributed by atoms with Gasteiger partial charge in [-0.2, -0.15) is 0 Å². The molecule has 0 aliphatic rings. The van der Waals surface area contributed by atoms with E-state index in [9.17, 15) is 4.79 Å². The maximum absolute atomic E-state index is 11.5. The number of nitrogens with two attached hydrogens (primary N) is 1. The molecule has 2 heterocycles. The number of nitrogens with one attached hydrogen (secondary N) is 1. The molecule has 0 fully saturated rings. The molecule has 2 rings (SSSR count). The van der Waals surface area contributed by atoms with E-state index >= 15 is 0 Å². The molecule has 0 saturated heterocycles. The first-order chi connectivity index (χ1) is 9.20. The molecule has 0 unspecified atom stereocenters. The summed E-state index contributed by atoms with van der Waals surface area (Å²) in [7, 11) is 1.31. The topological polar surface area (TPSA) is 90.4 Å². The van der Waals surface area contributed by atoms with E-state index in [2.05, 4.69) is 15.0 Å². The first-order valence-electron chi connectivity index (χ1n) is 5.81. The lowest BCUT2D eigenvalue weighted by molar-refractivity contribution is 0.0602. The smallest absolute Gasteiger partial charge is 0.340 e. The SMILES string of the molecule is COC(=O)c1cc(NCCc2ccco2)ncc1N. The molecule has 2 aromatic rings. The summed E-state index contributed by atoms with van der Waals surface area (Å²) in [4.78, 5) is 15.6. The Morgan fingerprint density at radius 2 is 2.42 bits per heavy atom. The number of nitrogens with zero attached hydrogens (tertiary/aromatic N) is 1. The van der Waals surface area contributed by atoms with Gasteiger partial charge in [-0.1, -0.05) is 0 Å². The number of furan rings is 1. The van der Waals surface area contributed by atoms with Crippen molar-refractivity contribution in [2.75, 3.05) is 24.7 Å². The van der Waals surface area contributed by atoms with E-state index < -0.39 is 5.97 Å². The van der Waals surface area contributed by atoms with Crippen molar-refractivity contribution >= 4 is 17.5 Å². The van der Waals surface area contributed by atoms with Gasteiger partial charge in [0.25, 0.3) is 0 Å². The Labute approximate surface area is 110 Å². The highest BCUT2D eigenvalue weighted by molar-refractivity contribution is 5.95. The average molecular weight is 261 g/mol. The van der Waals surface area contributed by atoms with Crippen LogP contribution in [0.5, 0.6) is 0 Å². The zero-order valence-electron chi connectivity index (χ0n) is 10.6. The summed E-state index contributed by atoms with van der Waals surface area (Å²) < 4.78 is 9.86. The first kappa shape index (κ1) is 12.9. The Hall–Kier alpha value is -2.50. The minimum Gasteiger partial charge on any atom is -0.469 e. The number of hydrogen-bond acceptors (Lipinski definition) is 6. The number of pyridine rings is 1. The lowest BCUT2D eigenvalue weighted by Gasteiger charge is -2.08. The van der Waals surface area contributed by atoms with Crippen molar-refractivity contribution in [2.45, 2.75) is 6.42 Å². The van der Waals surface area contributed by atoms with Crippen LogP contribution in [0.3, 0.4) is 0 Å². The molecule has 6 heteroatoms. The highest BCUT2D eigenvalue weighted by Gasteiger charge is 2.11. The zero-order valence-corrected chi connectivity index (χ0v) is 10.6. The van der Waals surface area contributed by atoms with E-state index in [1.165, 1.54) is 13.3 Å². The third-order valence-electron chi connectivity index (χ3n) is 2.60. The first-order valence-corrected chi connectivity index (χ1v) is 5.81. The van der Waals surface area contributed by atoms with Crippen molar-refractivity contribution in [1.82, 2.24) is 4.98 Å². The van der Waals surface area contributed by atoms with Crippen molar-refractivity contribution in [3.63, 3.8) is 0 Å². The molecule has 0 bridgehead atoms. The number of aromatic nitrogens is 1. The summed E-state index contributed by atoms with van der Waals surface area (Å²) in [5, 5.41) is 3.10. The quantitative estimate of drug-likeness (QED) is 0.796. The Balaban J connectivity index is 1.99. The van der Waals surface area contributed by atoms with E-state index in [0.717, 1.165) is 12.2 Å². The third-order valence-corrected chi connectivity index (χ3v) is 2.60. The van der Waals surface area contributed by atoms with E-state index in [1.54, 1.807) is 12.3 Å². The summed E-state index contributed by atoms with van der Waals surface area (Å²) in [6.45, 7) is 0.644. The highest BCUT2D eigenvalue weighted by atomic mass is 16.5. The van der Waals surface area contributed by atoms with Crippen LogP contribution in [0.15, 0.2) is 35.1 Å². The van der Waals surface area contributed by atoms with E-state index in [4.69, 9.17) is 10.2 Å². The summed E-state index contributed by atoms with van der Waals surface area (Å²) in [6.07, 6.45) is 3.79. The second-order valence-corrected chi connectivity index (χ2v) is 3.90. The second kappa shape index (κ2) is 5.90. The van der Waals surface area contributed by atoms with Crippen LogP contribution in [0.4, 0.5) is 11.5 Å². The minimum atomic E-state index is -0.478. The fraction of sp³-hybridized carbons (Fsp3) is 0.231. The maximum Gasteiger partial charge on any atom is 0.340 e. The van der Waals surface area contributed by atoms with Crippen LogP contribution >= 0.6 is 0 Å². The van der Waals surface area contributed by atoms with Crippen molar-refractivity contribution < 1.29 is 13.9 Å². The number of ether oxygens (including phenoxy) is 1. The lowest BCUT2D eigenvalue weighted by atomic mass is 10.2. The lowest BCUT2D eigenvalue weighted by Crippen LogP contribution is -2.10. The van der Waals surface area contributed by atoms with Crippen LogP contribution in [-0.2, 0) is 11.2 Å². The molecule has 19 heavy (non-hydrogen) atoms. The molecule has 0 radical (unpaired) electrons. The van der Waals surface area contributed by atoms with Gasteiger partial charge in [0, 0.05) is 13.0 Å². The molecule has 0 saturated carbocycles. The van der Waals surface area contributed by atoms with Crippen LogP contribution < -0.4 is 11.1 Å². The van der Waals surface area contributed by atoms with Gasteiger partial charge in [-0.25, -0.2) is 9.78 Å². The number of carbonyl (C=O) groups is 1. The van der Waals surface area contributed by atoms with Gasteiger partial charge in [0.05, 0.1) is 30.8 Å². The predicted octanol–water partition coefficient (Wildman–Crippen LogP) is 1.70. The maximum atomic E-state index is 11.5. The molecule has 3 N–H and O–H groups in total. The third kappa shape index (κ3) is 3.25. The van der Waals surface area contributed by atoms with Crippen molar-refractivity contribution in [1.29, 1.82) is 0 Å². The summed E-state index contributed by atoms with van der Waals surface area (Å²) in [6, 6.07) is 5.31. The molecule has 0 aromatic carbocycles. The Bertz CT molecular complexity index is 552. The molecule has 0 amide bonds. The number of hydrogen-bond donors (Lipinski definition) is 2. The molecule has 0 spiro atoms. The highest BCUT2D eigenvalue weighted by Crippen LogP contribution is 2.15. The van der Waals surface area contributed by atoms with Gasteiger partial charge in [-0.15, -0.1) is 0 Å². The van der Waals surface area contributed by atoms with Crippen LogP contribution in [0.25, 0.3) is 0 Å². The monoisotopic (exact) mass is 261 g/mol. The Morgan fingerprint density at radius 1 is 1.58 bits per heavy atom. The minimum absolute atomic E-state index is 0.295. The number of rotatable bonds is 5. The molecule has 0 atom stereocenters. The van der Waals surface area contributed by atoms with Crippen molar-refractivity contribution in [2.24, 2.45) is 0 Å². The molecule has 2 aromatic heterocycles. The van der Waals surface area contributed by atoms with Crippen LogP contribution in [-0.4, -0.2) is 24.6 Å². The largest absolute Gasteiger partial charge is 0.469 e. The molecule has 0 aliphatic carbocycles. The van der Waals surface area contributed by atoms with E-state index in [0.29, 0.717) is 23.6 Å². The van der Waals surface area contributed by atoms with E-state index in [-0.39, 0.29) is 0 Å². The fourth-order valence-electron chi connectivity index (χ4n) is 1.62. The van der Waals surface area contributed by atoms with Gasteiger partial charge in [0.1, 0.15) is 11.6 Å². The molecule has 100 valence electrons. The van der Waals surface area contributed by atoms with Crippen molar-refractivity contribution in [3.8, 4) is 0 Å². The van der Waals surface area contributed by atoms with Crippen molar-refractivity contribution in [3.05, 3.63) is 42.0 Å². The number of nitrogen functional groups attached to an aromatic ring is 1. The fourth-order valence-corrected chi connectivity index (χ4v) is 1.62. The van der Waals surface area contributed by atoms with E-state index in [1.807, 2.05) is 12.1 Å². The van der Waals surface area contributed by atoms with Gasteiger partial charge < -0.3 is 20.2 Å². The number of anilines is 2. The van der Waals surface area contributed by atoms with Gasteiger partial charge in [0.2, 0.25) is 0 Å². The summed E-state index contributed by atoms with van der Waals surface area (Å²) in [5.74, 6) is 0.978. The number of methoxy groups -OCH3 is 1. The van der Waals surface area contributed by atoms with Crippen LogP contribution in [0.2, 0.25) is 0 Å². The Morgan fingerprint density at radius 3 is 3.11 bits per heavy atom. The predicted molar refractivity (Wildman–Crippen MR) is 70.9 cm³/mol. The molecule has 0 aliphatic heterocycles. The van der Waals surface area contributed by atoms with Crippen LogP contribution in [0.1, 0.15) is 16.1 Å². The molecule has 6 nitrogen and oxygen atoms in total. The average Bonchev–Trinajstić information content (AvgIpc) is 2.93. The number of esters is 1. The van der Waals surface area contributed by atoms with Gasteiger partial charge in [0.15, 0.2) is 0 Å².